The fourth-order valence-corrected chi connectivity index (χ4v) is 1.27. The quantitative estimate of drug-likeness (QED) is 0.727. The second-order valence-electron chi connectivity index (χ2n) is 3.02. The number of aromatic nitrogens is 2. The molecule has 0 N–H and O–H groups in total. The summed E-state index contributed by atoms with van der Waals surface area (Å²) < 4.78 is 26.6. The van der Waals surface area contributed by atoms with E-state index < -0.39 is 23.0 Å². The number of hydrogen-bond acceptors (Lipinski definition) is 3. The molecule has 0 amide bonds. The molecule has 0 aliphatic heterocycles. The fraction of sp³-hybridized carbons (Fsp3) is 0. The summed E-state index contributed by atoms with van der Waals surface area (Å²) in [7, 11) is 0. The maximum absolute atomic E-state index is 13.3. The Morgan fingerprint density at radius 2 is 1.81 bits per heavy atom. The number of benzene rings is 1. The lowest BCUT2D eigenvalue weighted by atomic mass is 10.1. The maximum Gasteiger partial charge on any atom is 0.217 e. The fourth-order valence-electron chi connectivity index (χ4n) is 1.27. The zero-order valence-electron chi connectivity index (χ0n) is 8.02. The van der Waals surface area contributed by atoms with Crippen LogP contribution in [0.2, 0.25) is 0 Å². The molecule has 3 nitrogen and oxygen atoms in total. The van der Waals surface area contributed by atoms with Gasteiger partial charge in [-0.05, 0) is 18.2 Å². The van der Waals surface area contributed by atoms with Crippen LogP contribution >= 0.6 is 0 Å². The van der Waals surface area contributed by atoms with Crippen LogP contribution in [-0.2, 0) is 0 Å². The summed E-state index contributed by atoms with van der Waals surface area (Å²) in [4.78, 5) is 19.0. The van der Waals surface area contributed by atoms with Crippen molar-refractivity contribution in [2.45, 2.75) is 0 Å². The molecule has 0 saturated heterocycles. The molecule has 1 heterocycles. The smallest absolute Gasteiger partial charge is 0.217 e. The maximum atomic E-state index is 13.3. The van der Waals surface area contributed by atoms with Crippen LogP contribution in [0.15, 0.2) is 36.8 Å². The van der Waals surface area contributed by atoms with Gasteiger partial charge in [-0.3, -0.25) is 4.79 Å². The summed E-state index contributed by atoms with van der Waals surface area (Å²) in [6, 6.07) is 4.55. The molecule has 16 heavy (non-hydrogen) atoms. The molecule has 0 radical (unpaired) electrons. The molecule has 0 unspecified atom stereocenters. The third kappa shape index (κ3) is 1.79. The van der Waals surface area contributed by atoms with Crippen LogP contribution in [-0.4, -0.2) is 15.8 Å². The number of rotatable bonds is 2. The second kappa shape index (κ2) is 4.14. The first-order chi connectivity index (χ1) is 7.70. The van der Waals surface area contributed by atoms with Gasteiger partial charge in [-0.15, -0.1) is 0 Å². The number of hydrogen-bond donors (Lipinski definition) is 0. The minimum Gasteiger partial charge on any atom is -0.287 e. The molecule has 0 fully saturated rings. The average molecular weight is 220 g/mol. The van der Waals surface area contributed by atoms with Crippen molar-refractivity contribution in [2.75, 3.05) is 0 Å². The highest BCUT2D eigenvalue weighted by Gasteiger charge is 2.19. The van der Waals surface area contributed by atoms with E-state index in [1.165, 1.54) is 18.3 Å². The van der Waals surface area contributed by atoms with Gasteiger partial charge >= 0.3 is 0 Å². The first-order valence-corrected chi connectivity index (χ1v) is 4.45. The molecular weight excluding hydrogens is 214 g/mol. The van der Waals surface area contributed by atoms with E-state index in [-0.39, 0.29) is 5.69 Å². The lowest BCUT2D eigenvalue weighted by molar-refractivity contribution is 0.102. The van der Waals surface area contributed by atoms with E-state index in [9.17, 15) is 13.6 Å². The van der Waals surface area contributed by atoms with Crippen LogP contribution < -0.4 is 0 Å². The molecule has 1 aromatic heterocycles. The lowest BCUT2D eigenvalue weighted by Crippen LogP contribution is -2.09. The topological polar surface area (TPSA) is 42.9 Å². The molecule has 2 aromatic rings. The minimum absolute atomic E-state index is 0.0426. The minimum atomic E-state index is -0.899. The van der Waals surface area contributed by atoms with Gasteiger partial charge in [0.2, 0.25) is 5.78 Å². The lowest BCUT2D eigenvalue weighted by Gasteiger charge is -2.02. The molecule has 0 spiro atoms. The monoisotopic (exact) mass is 220 g/mol. The summed E-state index contributed by atoms with van der Waals surface area (Å²) in [5.41, 5.74) is -0.639. The van der Waals surface area contributed by atoms with Crippen LogP contribution in [0, 0.1) is 11.6 Å². The SMILES string of the molecule is O=C(c1ccncn1)c1c(F)cccc1F. The highest BCUT2D eigenvalue weighted by atomic mass is 19.1. The van der Waals surface area contributed by atoms with E-state index in [0.29, 0.717) is 0 Å². The van der Waals surface area contributed by atoms with Crippen molar-refractivity contribution in [3.8, 4) is 0 Å². The standard InChI is InChI=1S/C11H6F2N2O/c12-7-2-1-3-8(13)10(7)11(16)9-4-5-14-6-15-9/h1-6H. The van der Waals surface area contributed by atoms with Gasteiger partial charge in [-0.2, -0.15) is 0 Å². The Balaban J connectivity index is 2.50. The largest absolute Gasteiger partial charge is 0.287 e. The zero-order chi connectivity index (χ0) is 11.5. The molecule has 1 aromatic carbocycles. The third-order valence-corrected chi connectivity index (χ3v) is 2.00. The van der Waals surface area contributed by atoms with E-state index in [4.69, 9.17) is 0 Å². The molecule has 80 valence electrons. The van der Waals surface area contributed by atoms with Crippen molar-refractivity contribution in [3.63, 3.8) is 0 Å². The van der Waals surface area contributed by atoms with E-state index in [1.54, 1.807) is 0 Å². The predicted octanol–water partition coefficient (Wildman–Crippen LogP) is 1.99. The number of carbonyl (C=O) groups excluding carboxylic acids is 1. The Morgan fingerprint density at radius 1 is 1.12 bits per heavy atom. The molecule has 0 bridgehead atoms. The van der Waals surface area contributed by atoms with Gasteiger partial charge in [0.1, 0.15) is 23.7 Å². The molecule has 0 aliphatic rings. The van der Waals surface area contributed by atoms with Crippen LogP contribution in [0.5, 0.6) is 0 Å². The highest BCUT2D eigenvalue weighted by Crippen LogP contribution is 2.15. The van der Waals surface area contributed by atoms with E-state index in [0.717, 1.165) is 18.5 Å². The predicted molar refractivity (Wildman–Crippen MR) is 51.8 cm³/mol. The molecule has 2 rings (SSSR count). The molecule has 0 atom stereocenters. The van der Waals surface area contributed by atoms with Gasteiger partial charge in [-0.25, -0.2) is 18.7 Å². The molecule has 0 aliphatic carbocycles. The first-order valence-electron chi connectivity index (χ1n) is 4.45. The van der Waals surface area contributed by atoms with Gasteiger partial charge in [0.25, 0.3) is 0 Å². The van der Waals surface area contributed by atoms with E-state index in [1.807, 2.05) is 0 Å². The number of ketones is 1. The van der Waals surface area contributed by atoms with Gasteiger partial charge < -0.3 is 0 Å². The second-order valence-corrected chi connectivity index (χ2v) is 3.02. The number of halogens is 2. The van der Waals surface area contributed by atoms with Crippen molar-refractivity contribution in [3.05, 3.63) is 59.7 Å². The van der Waals surface area contributed by atoms with Crippen molar-refractivity contribution >= 4 is 5.78 Å². The molecule has 0 saturated carbocycles. The Labute approximate surface area is 89.8 Å². The summed E-state index contributed by atoms with van der Waals surface area (Å²) in [6.45, 7) is 0. The molecular formula is C11H6F2N2O. The Morgan fingerprint density at radius 3 is 2.38 bits per heavy atom. The number of carbonyl (C=O) groups is 1. The Kier molecular flexibility index (Phi) is 2.68. The third-order valence-electron chi connectivity index (χ3n) is 2.00. The van der Waals surface area contributed by atoms with E-state index in [2.05, 4.69) is 9.97 Å². The highest BCUT2D eigenvalue weighted by molar-refractivity contribution is 6.07. The van der Waals surface area contributed by atoms with Crippen LogP contribution in [0.3, 0.4) is 0 Å². The molecule has 5 heteroatoms. The van der Waals surface area contributed by atoms with Crippen molar-refractivity contribution < 1.29 is 13.6 Å². The van der Waals surface area contributed by atoms with E-state index >= 15 is 0 Å². The average Bonchev–Trinajstić information content (AvgIpc) is 2.30. The van der Waals surface area contributed by atoms with Crippen LogP contribution in [0.25, 0.3) is 0 Å². The zero-order valence-corrected chi connectivity index (χ0v) is 8.02. The van der Waals surface area contributed by atoms with Crippen LogP contribution in [0.1, 0.15) is 16.1 Å². The van der Waals surface area contributed by atoms with Crippen molar-refractivity contribution in [1.82, 2.24) is 9.97 Å². The van der Waals surface area contributed by atoms with Crippen LogP contribution in [0.4, 0.5) is 8.78 Å². The normalized spacial score (nSPS) is 10.1. The summed E-state index contributed by atoms with van der Waals surface area (Å²) in [5, 5.41) is 0. The Bertz CT molecular complexity index is 509. The van der Waals surface area contributed by atoms with Crippen molar-refractivity contribution in [1.29, 1.82) is 0 Å². The number of nitrogens with zero attached hydrogens (tertiary/aromatic N) is 2. The first kappa shape index (κ1) is 10.4. The Hall–Kier alpha value is -2.17. The van der Waals surface area contributed by atoms with Gasteiger partial charge in [0.05, 0.1) is 5.56 Å². The summed E-state index contributed by atoms with van der Waals surface area (Å²) >= 11 is 0. The van der Waals surface area contributed by atoms with Crippen molar-refractivity contribution in [2.24, 2.45) is 0 Å². The summed E-state index contributed by atoms with van der Waals surface area (Å²) in [5.74, 6) is -2.59. The van der Waals surface area contributed by atoms with Gasteiger partial charge in [0, 0.05) is 6.20 Å². The van der Waals surface area contributed by atoms with Gasteiger partial charge in [-0.1, -0.05) is 6.07 Å². The van der Waals surface area contributed by atoms with Gasteiger partial charge in [0.15, 0.2) is 0 Å². The summed E-state index contributed by atoms with van der Waals surface area (Å²) in [6.07, 6.45) is 2.48.